The standard InChI is InChI=1S/C13H16N2/c1-13(2,3)11-10-7-5-4-6-9(10)8-15-12(11)14/h4-8H,1-3H3,(H2,14,15)/p+1. The van der Waals surface area contributed by atoms with E-state index in [1.54, 1.807) is 0 Å². The van der Waals surface area contributed by atoms with Gasteiger partial charge in [0, 0.05) is 5.39 Å². The number of H-pyrrole nitrogens is 1. The summed E-state index contributed by atoms with van der Waals surface area (Å²) in [7, 11) is 0. The molecule has 78 valence electrons. The smallest absolute Gasteiger partial charge is 0.274 e. The number of nitrogens with two attached hydrogens (primary N) is 1. The lowest BCUT2D eigenvalue weighted by molar-refractivity contribution is -0.359. The van der Waals surface area contributed by atoms with Crippen molar-refractivity contribution in [3.8, 4) is 0 Å². The third-order valence-electron chi connectivity index (χ3n) is 2.63. The summed E-state index contributed by atoms with van der Waals surface area (Å²) in [6, 6.07) is 8.32. The number of aromatic amines is 1. The molecule has 0 unspecified atom stereocenters. The van der Waals surface area contributed by atoms with Crippen molar-refractivity contribution in [2.45, 2.75) is 26.2 Å². The SMILES string of the molecule is CC(C)(C)c1c(N)[nH+]cc2ccccc12. The molecular weight excluding hydrogens is 184 g/mol. The van der Waals surface area contributed by atoms with Crippen LogP contribution in [-0.4, -0.2) is 0 Å². The molecule has 0 radical (unpaired) electrons. The molecule has 2 nitrogen and oxygen atoms in total. The fourth-order valence-electron chi connectivity index (χ4n) is 2.03. The van der Waals surface area contributed by atoms with E-state index in [1.165, 1.54) is 16.3 Å². The molecule has 0 spiro atoms. The Morgan fingerprint density at radius 3 is 2.47 bits per heavy atom. The number of benzene rings is 1. The van der Waals surface area contributed by atoms with E-state index in [4.69, 9.17) is 5.73 Å². The third kappa shape index (κ3) is 1.67. The molecule has 0 saturated heterocycles. The first-order chi connectivity index (χ1) is 7.00. The highest BCUT2D eigenvalue weighted by Crippen LogP contribution is 2.31. The predicted molar refractivity (Wildman–Crippen MR) is 63.6 cm³/mol. The van der Waals surface area contributed by atoms with E-state index < -0.39 is 0 Å². The van der Waals surface area contributed by atoms with Gasteiger partial charge in [-0.15, -0.1) is 0 Å². The maximum atomic E-state index is 6.02. The highest BCUT2D eigenvalue weighted by atomic mass is 14.8. The first-order valence-electron chi connectivity index (χ1n) is 5.19. The Morgan fingerprint density at radius 2 is 1.80 bits per heavy atom. The monoisotopic (exact) mass is 201 g/mol. The lowest BCUT2D eigenvalue weighted by Crippen LogP contribution is -2.21. The Labute approximate surface area is 90.1 Å². The lowest BCUT2D eigenvalue weighted by atomic mass is 9.84. The molecule has 3 N–H and O–H groups in total. The van der Waals surface area contributed by atoms with Gasteiger partial charge in [-0.3, -0.25) is 5.73 Å². The zero-order chi connectivity index (χ0) is 11.1. The van der Waals surface area contributed by atoms with Crippen molar-refractivity contribution in [2.24, 2.45) is 0 Å². The molecule has 0 amide bonds. The second kappa shape index (κ2) is 3.23. The van der Waals surface area contributed by atoms with Crippen LogP contribution in [0.4, 0.5) is 5.82 Å². The molecule has 2 heteroatoms. The van der Waals surface area contributed by atoms with Crippen molar-refractivity contribution in [3.05, 3.63) is 36.0 Å². The molecule has 0 fully saturated rings. The van der Waals surface area contributed by atoms with Crippen molar-refractivity contribution >= 4 is 16.6 Å². The molecule has 2 rings (SSSR count). The molecule has 0 aliphatic carbocycles. The number of hydrogen-bond donors (Lipinski definition) is 1. The molecule has 0 bridgehead atoms. The van der Waals surface area contributed by atoms with Crippen LogP contribution in [-0.2, 0) is 5.41 Å². The van der Waals surface area contributed by atoms with E-state index in [0.29, 0.717) is 0 Å². The van der Waals surface area contributed by atoms with Crippen molar-refractivity contribution in [3.63, 3.8) is 0 Å². The largest absolute Gasteiger partial charge is 0.287 e. The van der Waals surface area contributed by atoms with Gasteiger partial charge in [-0.25, -0.2) is 4.98 Å². The average molecular weight is 201 g/mol. The van der Waals surface area contributed by atoms with Crippen LogP contribution in [0.3, 0.4) is 0 Å². The van der Waals surface area contributed by atoms with Crippen molar-refractivity contribution in [1.82, 2.24) is 0 Å². The number of rotatable bonds is 0. The Balaban J connectivity index is 2.86. The third-order valence-corrected chi connectivity index (χ3v) is 2.63. The predicted octanol–water partition coefficient (Wildman–Crippen LogP) is 2.53. The lowest BCUT2D eigenvalue weighted by Gasteiger charge is -2.20. The summed E-state index contributed by atoms with van der Waals surface area (Å²) < 4.78 is 0. The van der Waals surface area contributed by atoms with E-state index in [2.05, 4.69) is 44.0 Å². The molecular formula is C13H17N2+. The van der Waals surface area contributed by atoms with Crippen LogP contribution < -0.4 is 10.7 Å². The van der Waals surface area contributed by atoms with Gasteiger partial charge in [-0.1, -0.05) is 45.0 Å². The summed E-state index contributed by atoms with van der Waals surface area (Å²) in [4.78, 5) is 3.13. The molecule has 2 aromatic rings. The highest BCUT2D eigenvalue weighted by Gasteiger charge is 2.23. The van der Waals surface area contributed by atoms with Crippen molar-refractivity contribution in [2.75, 3.05) is 5.73 Å². The number of anilines is 1. The number of fused-ring (bicyclic) bond motifs is 1. The molecule has 1 aromatic heterocycles. The summed E-state index contributed by atoms with van der Waals surface area (Å²) in [5, 5.41) is 2.44. The zero-order valence-corrected chi connectivity index (χ0v) is 9.46. The minimum Gasteiger partial charge on any atom is -0.287 e. The van der Waals surface area contributed by atoms with Crippen LogP contribution in [0.2, 0.25) is 0 Å². The van der Waals surface area contributed by atoms with Gasteiger partial charge in [0.15, 0.2) is 0 Å². The molecule has 0 atom stereocenters. The Bertz CT molecular complexity index is 495. The van der Waals surface area contributed by atoms with Gasteiger partial charge in [0.25, 0.3) is 5.82 Å². The van der Waals surface area contributed by atoms with E-state index >= 15 is 0 Å². The molecule has 0 aliphatic rings. The molecule has 1 aromatic carbocycles. The number of pyridine rings is 1. The minimum atomic E-state index is 0.0570. The van der Waals surface area contributed by atoms with Gasteiger partial charge in [-0.2, -0.15) is 0 Å². The van der Waals surface area contributed by atoms with E-state index in [1.807, 2.05) is 12.3 Å². The molecule has 0 saturated carbocycles. The van der Waals surface area contributed by atoms with Gasteiger partial charge in [-0.05, 0) is 10.8 Å². The highest BCUT2D eigenvalue weighted by molar-refractivity contribution is 5.87. The number of nitrogen functional groups attached to an aromatic ring is 1. The van der Waals surface area contributed by atoms with Crippen LogP contribution in [0.25, 0.3) is 10.8 Å². The summed E-state index contributed by atoms with van der Waals surface area (Å²) in [6.07, 6.45) is 1.96. The van der Waals surface area contributed by atoms with Crippen molar-refractivity contribution < 1.29 is 4.98 Å². The quantitative estimate of drug-likeness (QED) is 0.699. The first-order valence-corrected chi connectivity index (χ1v) is 5.19. The molecule has 1 heterocycles. The second-order valence-electron chi connectivity index (χ2n) is 4.91. The summed E-state index contributed by atoms with van der Waals surface area (Å²) >= 11 is 0. The summed E-state index contributed by atoms with van der Waals surface area (Å²) in [6.45, 7) is 6.54. The zero-order valence-electron chi connectivity index (χ0n) is 9.46. The summed E-state index contributed by atoms with van der Waals surface area (Å²) in [5.41, 5.74) is 7.27. The maximum Gasteiger partial charge on any atom is 0.274 e. The van der Waals surface area contributed by atoms with Gasteiger partial charge < -0.3 is 0 Å². The topological polar surface area (TPSA) is 40.2 Å². The Hall–Kier alpha value is -1.57. The van der Waals surface area contributed by atoms with Crippen LogP contribution in [0, 0.1) is 0 Å². The second-order valence-corrected chi connectivity index (χ2v) is 4.91. The average Bonchev–Trinajstić information content (AvgIpc) is 2.15. The van der Waals surface area contributed by atoms with Crippen LogP contribution >= 0.6 is 0 Å². The Morgan fingerprint density at radius 1 is 1.13 bits per heavy atom. The van der Waals surface area contributed by atoms with E-state index in [-0.39, 0.29) is 5.41 Å². The normalized spacial score (nSPS) is 11.9. The van der Waals surface area contributed by atoms with Crippen molar-refractivity contribution in [1.29, 1.82) is 0 Å². The first kappa shape index (κ1) is 9.97. The number of nitrogens with one attached hydrogen (secondary N) is 1. The number of hydrogen-bond acceptors (Lipinski definition) is 1. The summed E-state index contributed by atoms with van der Waals surface area (Å²) in [5.74, 6) is 0.765. The molecule has 15 heavy (non-hydrogen) atoms. The van der Waals surface area contributed by atoms with Crippen LogP contribution in [0.1, 0.15) is 26.3 Å². The molecule has 0 aliphatic heterocycles. The Kier molecular flexibility index (Phi) is 2.14. The van der Waals surface area contributed by atoms with Crippen LogP contribution in [0.5, 0.6) is 0 Å². The van der Waals surface area contributed by atoms with Gasteiger partial charge >= 0.3 is 0 Å². The van der Waals surface area contributed by atoms with Crippen LogP contribution in [0.15, 0.2) is 30.5 Å². The fraction of sp³-hybridized carbons (Fsp3) is 0.308. The van der Waals surface area contributed by atoms with E-state index in [0.717, 1.165) is 5.82 Å². The maximum absolute atomic E-state index is 6.02. The number of aromatic nitrogens is 1. The minimum absolute atomic E-state index is 0.0570. The fourth-order valence-corrected chi connectivity index (χ4v) is 2.03. The van der Waals surface area contributed by atoms with Gasteiger partial charge in [0.05, 0.1) is 11.8 Å². The van der Waals surface area contributed by atoms with Gasteiger partial charge in [0.2, 0.25) is 0 Å². The van der Waals surface area contributed by atoms with Gasteiger partial charge in [0.1, 0.15) is 0 Å². The van der Waals surface area contributed by atoms with E-state index in [9.17, 15) is 0 Å².